The van der Waals surface area contributed by atoms with Crippen LogP contribution in [-0.4, -0.2) is 55.8 Å². The maximum Gasteiger partial charge on any atom is 0.251 e. The third kappa shape index (κ3) is 5.60. The van der Waals surface area contributed by atoms with Gasteiger partial charge in [-0.2, -0.15) is 0 Å². The molecule has 0 aliphatic carbocycles. The molecule has 1 atom stereocenters. The van der Waals surface area contributed by atoms with Crippen molar-refractivity contribution in [1.82, 2.24) is 20.2 Å². The molecule has 208 valence electrons. The first kappa shape index (κ1) is 27.1. The average molecular weight is 543 g/mol. The number of carbonyl (C=O) groups excluding carboxylic acids is 1. The van der Waals surface area contributed by atoms with Crippen molar-refractivity contribution in [3.8, 4) is 23.0 Å². The molecule has 0 saturated heterocycles. The van der Waals surface area contributed by atoms with Crippen molar-refractivity contribution >= 4 is 5.91 Å². The number of hydrogen-bond acceptors (Lipinski definition) is 7. The van der Waals surface area contributed by atoms with Crippen LogP contribution in [0.1, 0.15) is 44.5 Å². The summed E-state index contributed by atoms with van der Waals surface area (Å²) in [7, 11) is 6.53. The smallest absolute Gasteiger partial charge is 0.251 e. The minimum atomic E-state index is -0.126. The molecule has 0 radical (unpaired) electrons. The van der Waals surface area contributed by atoms with E-state index in [1.54, 1.807) is 34.8 Å². The van der Waals surface area contributed by atoms with Gasteiger partial charge >= 0.3 is 0 Å². The van der Waals surface area contributed by atoms with Gasteiger partial charge in [0, 0.05) is 48.9 Å². The van der Waals surface area contributed by atoms with Gasteiger partial charge in [-0.3, -0.25) is 9.69 Å². The summed E-state index contributed by atoms with van der Waals surface area (Å²) in [6.07, 6.45) is 2.60. The number of imidazole rings is 1. The highest BCUT2D eigenvalue weighted by Crippen LogP contribution is 2.39. The molecule has 0 bridgehead atoms. The van der Waals surface area contributed by atoms with E-state index in [4.69, 9.17) is 18.9 Å². The van der Waals surface area contributed by atoms with Crippen LogP contribution in [0.3, 0.4) is 0 Å². The zero-order valence-corrected chi connectivity index (χ0v) is 23.2. The number of amides is 1. The Bertz CT molecular complexity index is 1450. The Labute approximate surface area is 234 Å². The molecule has 0 saturated carbocycles. The van der Waals surface area contributed by atoms with Gasteiger partial charge in [-0.15, -0.1) is 0 Å². The molecule has 3 aromatic carbocycles. The van der Waals surface area contributed by atoms with E-state index in [-0.39, 0.29) is 11.9 Å². The molecule has 9 nitrogen and oxygen atoms in total. The van der Waals surface area contributed by atoms with Gasteiger partial charge in [0.25, 0.3) is 5.91 Å². The lowest BCUT2D eigenvalue weighted by molar-refractivity contribution is 0.0951. The third-order valence-electron chi connectivity index (χ3n) is 7.29. The highest BCUT2D eigenvalue weighted by atomic mass is 16.5. The van der Waals surface area contributed by atoms with Crippen LogP contribution in [0.25, 0.3) is 0 Å². The summed E-state index contributed by atoms with van der Waals surface area (Å²) in [5, 5.41) is 2.99. The van der Waals surface area contributed by atoms with Gasteiger partial charge in [-0.1, -0.05) is 24.3 Å². The third-order valence-corrected chi connectivity index (χ3v) is 7.29. The lowest BCUT2D eigenvalue weighted by Crippen LogP contribution is -2.36. The van der Waals surface area contributed by atoms with E-state index >= 15 is 0 Å². The Morgan fingerprint density at radius 3 is 2.30 bits per heavy atom. The van der Waals surface area contributed by atoms with Crippen molar-refractivity contribution in [3.05, 3.63) is 101 Å². The predicted molar refractivity (Wildman–Crippen MR) is 151 cm³/mol. The number of aromatic amines is 1. The summed E-state index contributed by atoms with van der Waals surface area (Å²) in [6.45, 7) is 1.87. The molecule has 1 unspecified atom stereocenters. The maximum atomic E-state index is 12.9. The van der Waals surface area contributed by atoms with Crippen LogP contribution in [0, 0.1) is 0 Å². The van der Waals surface area contributed by atoms with Gasteiger partial charge in [-0.05, 0) is 41.5 Å². The van der Waals surface area contributed by atoms with E-state index in [1.165, 1.54) is 0 Å². The van der Waals surface area contributed by atoms with E-state index in [2.05, 4.69) is 20.2 Å². The summed E-state index contributed by atoms with van der Waals surface area (Å²) in [4.78, 5) is 23.2. The van der Waals surface area contributed by atoms with E-state index in [1.807, 2.05) is 60.7 Å². The number of fused-ring (bicyclic) bond motifs is 1. The SMILES string of the molecule is COc1ccc(CNC(=O)c2ccc(C3c4nc[nH]c4CCN3Cc3cc(OC)c(OC)cc3OC)cc2)cc1. The van der Waals surface area contributed by atoms with Crippen molar-refractivity contribution in [1.29, 1.82) is 0 Å². The Balaban J connectivity index is 1.36. The molecule has 2 N–H and O–H groups in total. The van der Waals surface area contributed by atoms with Crippen LogP contribution in [0.5, 0.6) is 23.0 Å². The number of nitrogens with one attached hydrogen (secondary N) is 2. The lowest BCUT2D eigenvalue weighted by atomic mass is 9.94. The van der Waals surface area contributed by atoms with Crippen LogP contribution in [0.15, 0.2) is 67.0 Å². The van der Waals surface area contributed by atoms with E-state index < -0.39 is 0 Å². The topological polar surface area (TPSA) is 97.9 Å². The number of nitrogens with zero attached hydrogens (tertiary/aromatic N) is 2. The molecule has 5 rings (SSSR count). The molecule has 0 spiro atoms. The second-order valence-corrected chi connectivity index (χ2v) is 9.56. The quantitative estimate of drug-likeness (QED) is 0.304. The molecular weight excluding hydrogens is 508 g/mol. The number of hydrogen-bond donors (Lipinski definition) is 2. The second kappa shape index (κ2) is 12.1. The number of benzene rings is 3. The number of rotatable bonds is 10. The summed E-state index contributed by atoms with van der Waals surface area (Å²) in [5.41, 5.74) is 5.76. The normalized spacial score (nSPS) is 14.8. The van der Waals surface area contributed by atoms with Gasteiger partial charge < -0.3 is 29.2 Å². The molecule has 40 heavy (non-hydrogen) atoms. The number of aromatic nitrogens is 2. The molecule has 2 heterocycles. The Hall–Kier alpha value is -4.50. The summed E-state index contributed by atoms with van der Waals surface area (Å²) in [6, 6.07) is 19.1. The highest BCUT2D eigenvalue weighted by Gasteiger charge is 2.32. The fourth-order valence-corrected chi connectivity index (χ4v) is 5.14. The Morgan fingerprint density at radius 1 is 0.925 bits per heavy atom. The Morgan fingerprint density at radius 2 is 1.62 bits per heavy atom. The van der Waals surface area contributed by atoms with Crippen molar-refractivity contribution in [2.45, 2.75) is 25.6 Å². The molecule has 0 fully saturated rings. The van der Waals surface area contributed by atoms with Crippen LogP contribution < -0.4 is 24.3 Å². The van der Waals surface area contributed by atoms with E-state index in [0.29, 0.717) is 30.2 Å². The molecule has 1 aliphatic heterocycles. The van der Waals surface area contributed by atoms with Crippen molar-refractivity contribution in [2.75, 3.05) is 35.0 Å². The number of carbonyl (C=O) groups is 1. The van der Waals surface area contributed by atoms with Gasteiger partial charge in [0.1, 0.15) is 11.5 Å². The van der Waals surface area contributed by atoms with Gasteiger partial charge in [-0.25, -0.2) is 4.98 Å². The van der Waals surface area contributed by atoms with Crippen LogP contribution >= 0.6 is 0 Å². The van der Waals surface area contributed by atoms with E-state index in [0.717, 1.165) is 52.5 Å². The summed E-state index contributed by atoms with van der Waals surface area (Å²) in [5.74, 6) is 2.66. The summed E-state index contributed by atoms with van der Waals surface area (Å²) >= 11 is 0. The first-order chi connectivity index (χ1) is 19.5. The summed E-state index contributed by atoms with van der Waals surface area (Å²) < 4.78 is 21.9. The van der Waals surface area contributed by atoms with Crippen LogP contribution in [0.2, 0.25) is 0 Å². The molecular formula is C31H34N4O5. The van der Waals surface area contributed by atoms with Crippen LogP contribution in [-0.2, 0) is 19.5 Å². The first-order valence-corrected chi connectivity index (χ1v) is 13.1. The second-order valence-electron chi connectivity index (χ2n) is 9.56. The number of ether oxygens (including phenoxy) is 4. The van der Waals surface area contributed by atoms with Crippen molar-refractivity contribution < 1.29 is 23.7 Å². The number of H-pyrrole nitrogens is 1. The fraction of sp³-hybridized carbons (Fsp3) is 0.290. The Kier molecular flexibility index (Phi) is 8.21. The van der Waals surface area contributed by atoms with E-state index in [9.17, 15) is 4.79 Å². The predicted octanol–water partition coefficient (Wildman–Crippen LogP) is 4.52. The molecule has 1 aromatic heterocycles. The number of methoxy groups -OCH3 is 4. The lowest BCUT2D eigenvalue weighted by Gasteiger charge is -2.35. The monoisotopic (exact) mass is 542 g/mol. The standard InChI is InChI=1S/C31H34N4O5/c1-37-24-11-5-20(6-12-24)17-32-31(36)22-9-7-21(8-10-22)30-29-25(33-19-34-29)13-14-35(30)18-23-15-27(39-3)28(40-4)16-26(23)38-2/h5-12,15-16,19,30H,13-14,17-18H2,1-4H3,(H,32,36)(H,33,34). The van der Waals surface area contributed by atoms with Gasteiger partial charge in [0.15, 0.2) is 11.5 Å². The molecule has 1 amide bonds. The first-order valence-electron chi connectivity index (χ1n) is 13.1. The minimum Gasteiger partial charge on any atom is -0.497 e. The maximum absolute atomic E-state index is 12.9. The zero-order valence-electron chi connectivity index (χ0n) is 23.2. The molecule has 1 aliphatic rings. The van der Waals surface area contributed by atoms with Gasteiger partial charge in [0.2, 0.25) is 0 Å². The molecule has 4 aromatic rings. The van der Waals surface area contributed by atoms with Crippen molar-refractivity contribution in [2.24, 2.45) is 0 Å². The average Bonchev–Trinajstić information content (AvgIpc) is 3.49. The van der Waals surface area contributed by atoms with Crippen molar-refractivity contribution in [3.63, 3.8) is 0 Å². The fourth-order valence-electron chi connectivity index (χ4n) is 5.14. The zero-order chi connectivity index (χ0) is 28.1. The molecule has 9 heteroatoms. The van der Waals surface area contributed by atoms with Gasteiger partial charge in [0.05, 0.1) is 46.5 Å². The highest BCUT2D eigenvalue weighted by molar-refractivity contribution is 5.94. The largest absolute Gasteiger partial charge is 0.497 e. The minimum absolute atomic E-state index is 0.0933. The van der Waals surface area contributed by atoms with Crippen LogP contribution in [0.4, 0.5) is 0 Å².